The van der Waals surface area contributed by atoms with Gasteiger partial charge in [-0.05, 0) is 35.0 Å². The van der Waals surface area contributed by atoms with Crippen LogP contribution in [0.2, 0.25) is 5.02 Å². The molecule has 3 nitrogen and oxygen atoms in total. The van der Waals surface area contributed by atoms with Gasteiger partial charge >= 0.3 is 0 Å². The van der Waals surface area contributed by atoms with Crippen molar-refractivity contribution in [2.45, 2.75) is 13.0 Å². The molecule has 1 aromatic carbocycles. The lowest BCUT2D eigenvalue weighted by atomic mass is 10.2. The first-order valence-electron chi connectivity index (χ1n) is 4.83. The van der Waals surface area contributed by atoms with Gasteiger partial charge in [0, 0.05) is 6.04 Å². The highest BCUT2D eigenvalue weighted by atomic mass is 79.9. The number of aromatic nitrogens is 2. The number of benzene rings is 1. The molecule has 0 saturated heterocycles. The van der Waals surface area contributed by atoms with E-state index in [-0.39, 0.29) is 6.04 Å². The fraction of sp³-hybridized carbons (Fsp3) is 0.182. The van der Waals surface area contributed by atoms with Gasteiger partial charge in [0.05, 0.1) is 33.4 Å². The van der Waals surface area contributed by atoms with Crippen LogP contribution in [0.4, 0.5) is 0 Å². The summed E-state index contributed by atoms with van der Waals surface area (Å²) in [5.41, 5.74) is 7.76. The third-order valence-electron chi connectivity index (χ3n) is 2.32. The minimum Gasteiger partial charge on any atom is -0.323 e. The molecule has 16 heavy (non-hydrogen) atoms. The van der Waals surface area contributed by atoms with Crippen molar-refractivity contribution in [3.05, 3.63) is 45.9 Å². The van der Waals surface area contributed by atoms with Crippen molar-refractivity contribution >= 4 is 27.5 Å². The lowest BCUT2D eigenvalue weighted by Gasteiger charge is -2.12. The molecule has 0 aliphatic heterocycles. The Morgan fingerprint density at radius 1 is 1.50 bits per heavy atom. The molecule has 1 heterocycles. The SMILES string of the molecule is C[C@H](N)c1cncn1-c1cccc(Cl)c1Br. The van der Waals surface area contributed by atoms with Crippen molar-refractivity contribution in [3.63, 3.8) is 0 Å². The van der Waals surface area contributed by atoms with E-state index in [4.69, 9.17) is 17.3 Å². The Labute approximate surface area is 107 Å². The van der Waals surface area contributed by atoms with Gasteiger partial charge in [0.15, 0.2) is 0 Å². The van der Waals surface area contributed by atoms with Gasteiger partial charge in [-0.1, -0.05) is 17.7 Å². The van der Waals surface area contributed by atoms with Crippen LogP contribution in [0, 0.1) is 0 Å². The van der Waals surface area contributed by atoms with E-state index in [1.807, 2.05) is 29.7 Å². The van der Waals surface area contributed by atoms with Gasteiger partial charge in [0.2, 0.25) is 0 Å². The number of halogens is 2. The Bertz CT molecular complexity index is 508. The van der Waals surface area contributed by atoms with Crippen molar-refractivity contribution in [2.24, 2.45) is 5.73 Å². The van der Waals surface area contributed by atoms with E-state index in [0.29, 0.717) is 5.02 Å². The van der Waals surface area contributed by atoms with E-state index in [9.17, 15) is 0 Å². The summed E-state index contributed by atoms with van der Waals surface area (Å²) in [5.74, 6) is 0. The molecule has 0 aliphatic rings. The summed E-state index contributed by atoms with van der Waals surface area (Å²) in [4.78, 5) is 4.11. The van der Waals surface area contributed by atoms with Crippen LogP contribution in [-0.2, 0) is 0 Å². The van der Waals surface area contributed by atoms with Crippen LogP contribution in [0.15, 0.2) is 35.2 Å². The van der Waals surface area contributed by atoms with Crippen LogP contribution in [0.3, 0.4) is 0 Å². The molecule has 5 heteroatoms. The molecule has 0 bridgehead atoms. The second-order valence-electron chi connectivity index (χ2n) is 3.55. The molecule has 0 spiro atoms. The maximum absolute atomic E-state index is 6.05. The first kappa shape index (κ1) is 11.6. The summed E-state index contributed by atoms with van der Waals surface area (Å²) >= 11 is 9.51. The highest BCUT2D eigenvalue weighted by molar-refractivity contribution is 9.10. The fourth-order valence-electron chi connectivity index (χ4n) is 1.52. The lowest BCUT2D eigenvalue weighted by Crippen LogP contribution is -2.10. The smallest absolute Gasteiger partial charge is 0.0995 e. The van der Waals surface area contributed by atoms with E-state index < -0.39 is 0 Å². The first-order chi connectivity index (χ1) is 7.61. The minimum absolute atomic E-state index is 0.0756. The van der Waals surface area contributed by atoms with Gasteiger partial charge in [0.1, 0.15) is 0 Å². The minimum atomic E-state index is -0.0756. The molecule has 0 unspecified atom stereocenters. The van der Waals surface area contributed by atoms with Gasteiger partial charge < -0.3 is 10.3 Å². The van der Waals surface area contributed by atoms with Crippen LogP contribution < -0.4 is 5.73 Å². The van der Waals surface area contributed by atoms with Crippen molar-refractivity contribution in [3.8, 4) is 5.69 Å². The fourth-order valence-corrected chi connectivity index (χ4v) is 2.15. The molecule has 1 atom stereocenters. The summed E-state index contributed by atoms with van der Waals surface area (Å²) in [6.45, 7) is 1.92. The van der Waals surface area contributed by atoms with Gasteiger partial charge in [-0.15, -0.1) is 0 Å². The van der Waals surface area contributed by atoms with Crippen LogP contribution >= 0.6 is 27.5 Å². The van der Waals surface area contributed by atoms with E-state index in [1.54, 1.807) is 12.5 Å². The van der Waals surface area contributed by atoms with Gasteiger partial charge in [-0.2, -0.15) is 0 Å². The third-order valence-corrected chi connectivity index (χ3v) is 3.70. The quantitative estimate of drug-likeness (QED) is 0.924. The molecular formula is C11H11BrClN3. The highest BCUT2D eigenvalue weighted by Crippen LogP contribution is 2.30. The summed E-state index contributed by atoms with van der Waals surface area (Å²) in [7, 11) is 0. The van der Waals surface area contributed by atoms with E-state index in [0.717, 1.165) is 15.9 Å². The maximum atomic E-state index is 6.05. The number of nitrogens with two attached hydrogens (primary N) is 1. The predicted molar refractivity (Wildman–Crippen MR) is 68.9 cm³/mol. The number of nitrogens with zero attached hydrogens (tertiary/aromatic N) is 2. The average Bonchev–Trinajstić information content (AvgIpc) is 2.70. The molecule has 2 rings (SSSR count). The van der Waals surface area contributed by atoms with E-state index in [2.05, 4.69) is 20.9 Å². The maximum Gasteiger partial charge on any atom is 0.0995 e. The van der Waals surface area contributed by atoms with Gasteiger partial charge in [0.25, 0.3) is 0 Å². The molecule has 0 amide bonds. The van der Waals surface area contributed by atoms with Crippen LogP contribution in [-0.4, -0.2) is 9.55 Å². The molecule has 2 aromatic rings. The zero-order valence-corrected chi connectivity index (χ0v) is 11.0. The van der Waals surface area contributed by atoms with Crippen molar-refractivity contribution in [1.82, 2.24) is 9.55 Å². The van der Waals surface area contributed by atoms with Crippen LogP contribution in [0.5, 0.6) is 0 Å². The van der Waals surface area contributed by atoms with Gasteiger partial charge in [-0.25, -0.2) is 4.98 Å². The molecule has 0 fully saturated rings. The molecule has 84 valence electrons. The highest BCUT2D eigenvalue weighted by Gasteiger charge is 2.11. The summed E-state index contributed by atoms with van der Waals surface area (Å²) in [6.07, 6.45) is 3.49. The second-order valence-corrected chi connectivity index (χ2v) is 4.75. The Balaban J connectivity index is 2.59. The molecule has 0 radical (unpaired) electrons. The molecule has 0 saturated carbocycles. The molecule has 1 aromatic heterocycles. The predicted octanol–water partition coefficient (Wildman–Crippen LogP) is 3.31. The summed E-state index contributed by atoms with van der Waals surface area (Å²) < 4.78 is 2.78. The summed E-state index contributed by atoms with van der Waals surface area (Å²) in [6, 6.07) is 5.61. The standard InChI is InChI=1S/C11H11BrClN3/c1-7(14)10-5-15-6-16(10)9-4-2-3-8(13)11(9)12/h2-7H,14H2,1H3/t7-/m0/s1. The topological polar surface area (TPSA) is 43.8 Å². The van der Waals surface area contributed by atoms with E-state index >= 15 is 0 Å². The average molecular weight is 301 g/mol. The Hall–Kier alpha value is -0.840. The zero-order chi connectivity index (χ0) is 11.7. The van der Waals surface area contributed by atoms with Crippen LogP contribution in [0.1, 0.15) is 18.7 Å². The monoisotopic (exact) mass is 299 g/mol. The largest absolute Gasteiger partial charge is 0.323 e. The number of hydrogen-bond acceptors (Lipinski definition) is 2. The summed E-state index contributed by atoms with van der Waals surface area (Å²) in [5, 5.41) is 0.668. The molecule has 0 aliphatic carbocycles. The Morgan fingerprint density at radius 2 is 2.25 bits per heavy atom. The second kappa shape index (κ2) is 4.57. The first-order valence-corrected chi connectivity index (χ1v) is 6.00. The van der Waals surface area contributed by atoms with Crippen molar-refractivity contribution < 1.29 is 0 Å². The Kier molecular flexibility index (Phi) is 3.33. The Morgan fingerprint density at radius 3 is 2.94 bits per heavy atom. The lowest BCUT2D eigenvalue weighted by molar-refractivity contribution is 0.751. The molecule has 2 N–H and O–H groups in total. The molecular weight excluding hydrogens is 289 g/mol. The van der Waals surface area contributed by atoms with Crippen molar-refractivity contribution in [1.29, 1.82) is 0 Å². The number of hydrogen-bond donors (Lipinski definition) is 1. The number of rotatable bonds is 2. The zero-order valence-electron chi connectivity index (χ0n) is 8.69. The van der Waals surface area contributed by atoms with E-state index in [1.165, 1.54) is 0 Å². The normalized spacial score (nSPS) is 12.8. The number of imidazole rings is 1. The van der Waals surface area contributed by atoms with Crippen LogP contribution in [0.25, 0.3) is 5.69 Å². The third kappa shape index (κ3) is 2.00. The van der Waals surface area contributed by atoms with Gasteiger partial charge in [-0.3, -0.25) is 0 Å². The van der Waals surface area contributed by atoms with Crippen molar-refractivity contribution in [2.75, 3.05) is 0 Å².